The molecule has 0 bridgehead atoms. The largest absolute Gasteiger partial charge is 0.326 e. The molecule has 0 spiro atoms. The Morgan fingerprint density at radius 2 is 2.26 bits per heavy atom. The lowest BCUT2D eigenvalue weighted by molar-refractivity contribution is -0.116. The number of likely N-dealkylation sites (tertiary alicyclic amines) is 1. The second-order valence-electron chi connectivity index (χ2n) is 7.26. The molecular formula is C21H25ClFN3O. The van der Waals surface area contributed by atoms with E-state index in [9.17, 15) is 9.18 Å². The standard InChI is InChI=1S/C21H25ClFN3O/c1-15-11-18(23)5-6-20(15)25-21(27)7-4-16-3-2-10-26(13-16)14-17-8-9-24-12-19(17)22/h5-6,8-9,11-12,16H,2-4,7,10,13-14H2,1H3,(H,25,27)/t16-/m1/s1. The molecule has 1 aliphatic heterocycles. The molecule has 0 aliphatic carbocycles. The van der Waals surface area contributed by atoms with E-state index < -0.39 is 0 Å². The number of benzene rings is 1. The molecule has 144 valence electrons. The van der Waals surface area contributed by atoms with E-state index in [-0.39, 0.29) is 11.7 Å². The molecule has 1 fully saturated rings. The van der Waals surface area contributed by atoms with Gasteiger partial charge in [0.25, 0.3) is 0 Å². The van der Waals surface area contributed by atoms with E-state index in [0.717, 1.165) is 50.0 Å². The second kappa shape index (κ2) is 9.29. The highest BCUT2D eigenvalue weighted by Crippen LogP contribution is 2.25. The molecule has 1 saturated heterocycles. The first-order chi connectivity index (χ1) is 13.0. The van der Waals surface area contributed by atoms with Crippen LogP contribution in [0.1, 0.15) is 36.8 Å². The fourth-order valence-electron chi connectivity index (χ4n) is 3.62. The Labute approximate surface area is 164 Å². The first-order valence-electron chi connectivity index (χ1n) is 9.38. The van der Waals surface area contributed by atoms with Crippen molar-refractivity contribution in [1.82, 2.24) is 9.88 Å². The molecule has 27 heavy (non-hydrogen) atoms. The maximum Gasteiger partial charge on any atom is 0.224 e. The van der Waals surface area contributed by atoms with Crippen molar-refractivity contribution >= 4 is 23.2 Å². The average molecular weight is 390 g/mol. The van der Waals surface area contributed by atoms with Gasteiger partial charge in [0.1, 0.15) is 5.82 Å². The number of halogens is 2. The number of aryl methyl sites for hydroxylation is 1. The number of aromatic nitrogens is 1. The van der Waals surface area contributed by atoms with Crippen LogP contribution in [-0.2, 0) is 11.3 Å². The Morgan fingerprint density at radius 3 is 3.04 bits per heavy atom. The van der Waals surface area contributed by atoms with Crippen molar-refractivity contribution in [1.29, 1.82) is 0 Å². The summed E-state index contributed by atoms with van der Waals surface area (Å²) in [5.41, 5.74) is 2.51. The molecule has 3 rings (SSSR count). The molecule has 2 heterocycles. The molecule has 0 unspecified atom stereocenters. The molecule has 1 aliphatic rings. The predicted octanol–water partition coefficient (Wildman–Crippen LogP) is 4.81. The van der Waals surface area contributed by atoms with Crippen LogP contribution in [0.3, 0.4) is 0 Å². The van der Waals surface area contributed by atoms with E-state index in [1.807, 2.05) is 6.07 Å². The summed E-state index contributed by atoms with van der Waals surface area (Å²) < 4.78 is 13.2. The predicted molar refractivity (Wildman–Crippen MR) is 106 cm³/mol. The quantitative estimate of drug-likeness (QED) is 0.770. The number of hydrogen-bond acceptors (Lipinski definition) is 3. The smallest absolute Gasteiger partial charge is 0.224 e. The summed E-state index contributed by atoms with van der Waals surface area (Å²) in [7, 11) is 0. The van der Waals surface area contributed by atoms with Crippen LogP contribution in [0, 0.1) is 18.7 Å². The second-order valence-corrected chi connectivity index (χ2v) is 7.66. The van der Waals surface area contributed by atoms with Crippen LogP contribution in [0.25, 0.3) is 0 Å². The number of piperidine rings is 1. The number of carbonyl (C=O) groups excluding carboxylic acids is 1. The normalized spacial score (nSPS) is 17.7. The van der Waals surface area contributed by atoms with E-state index in [1.165, 1.54) is 12.1 Å². The molecule has 1 N–H and O–H groups in total. The number of pyridine rings is 1. The third-order valence-corrected chi connectivity index (χ3v) is 5.44. The third kappa shape index (κ3) is 5.75. The van der Waals surface area contributed by atoms with Crippen molar-refractivity contribution < 1.29 is 9.18 Å². The highest BCUT2D eigenvalue weighted by atomic mass is 35.5. The average Bonchev–Trinajstić information content (AvgIpc) is 2.65. The molecule has 4 nitrogen and oxygen atoms in total. The first kappa shape index (κ1) is 19.8. The van der Waals surface area contributed by atoms with Crippen molar-refractivity contribution in [2.75, 3.05) is 18.4 Å². The van der Waals surface area contributed by atoms with Gasteiger partial charge in [0.15, 0.2) is 0 Å². The number of hydrogen-bond donors (Lipinski definition) is 1. The summed E-state index contributed by atoms with van der Waals surface area (Å²) in [6.45, 7) is 4.64. The number of rotatable bonds is 6. The van der Waals surface area contributed by atoms with Gasteiger partial charge in [-0.15, -0.1) is 0 Å². The van der Waals surface area contributed by atoms with Crippen LogP contribution in [0.5, 0.6) is 0 Å². The first-order valence-corrected chi connectivity index (χ1v) is 9.76. The summed E-state index contributed by atoms with van der Waals surface area (Å²) in [5.74, 6) is 0.195. The van der Waals surface area contributed by atoms with Gasteiger partial charge in [-0.1, -0.05) is 11.6 Å². The lowest BCUT2D eigenvalue weighted by Crippen LogP contribution is -2.35. The van der Waals surface area contributed by atoms with E-state index in [2.05, 4.69) is 15.2 Å². The van der Waals surface area contributed by atoms with Gasteiger partial charge in [-0.3, -0.25) is 14.7 Å². The SMILES string of the molecule is Cc1cc(F)ccc1NC(=O)CC[C@H]1CCCN(Cc2ccncc2Cl)C1. The van der Waals surface area contributed by atoms with Crippen LogP contribution >= 0.6 is 11.6 Å². The maximum absolute atomic E-state index is 13.2. The van der Waals surface area contributed by atoms with Crippen LogP contribution in [0.4, 0.5) is 10.1 Å². The molecule has 2 aromatic rings. The maximum atomic E-state index is 13.2. The molecule has 1 atom stereocenters. The number of nitrogens with zero attached hydrogens (tertiary/aromatic N) is 2. The van der Waals surface area contributed by atoms with Crippen molar-refractivity contribution in [3.05, 3.63) is 58.6 Å². The van der Waals surface area contributed by atoms with E-state index >= 15 is 0 Å². The van der Waals surface area contributed by atoms with E-state index in [4.69, 9.17) is 11.6 Å². The van der Waals surface area contributed by atoms with E-state index in [0.29, 0.717) is 23.0 Å². The Balaban J connectivity index is 1.47. The van der Waals surface area contributed by atoms with Gasteiger partial charge in [-0.2, -0.15) is 0 Å². The van der Waals surface area contributed by atoms with Crippen molar-refractivity contribution in [3.63, 3.8) is 0 Å². The Bertz CT molecular complexity index is 799. The van der Waals surface area contributed by atoms with Gasteiger partial charge >= 0.3 is 0 Å². The molecule has 1 aromatic carbocycles. The number of anilines is 1. The van der Waals surface area contributed by atoms with Gasteiger partial charge in [0.05, 0.1) is 5.02 Å². The minimum atomic E-state index is -0.290. The fraction of sp³-hybridized carbons (Fsp3) is 0.429. The summed E-state index contributed by atoms with van der Waals surface area (Å²) in [6, 6.07) is 6.37. The van der Waals surface area contributed by atoms with Crippen LogP contribution in [0.2, 0.25) is 5.02 Å². The summed E-state index contributed by atoms with van der Waals surface area (Å²) in [5, 5.41) is 3.59. The van der Waals surface area contributed by atoms with Gasteiger partial charge < -0.3 is 5.32 Å². The summed E-state index contributed by atoms with van der Waals surface area (Å²) in [6.07, 6.45) is 7.05. The van der Waals surface area contributed by atoms with Gasteiger partial charge in [-0.05, 0) is 74.0 Å². The van der Waals surface area contributed by atoms with Crippen molar-refractivity contribution in [2.24, 2.45) is 5.92 Å². The zero-order valence-electron chi connectivity index (χ0n) is 15.5. The lowest BCUT2D eigenvalue weighted by atomic mass is 9.93. The minimum absolute atomic E-state index is 0.0148. The number of amides is 1. The molecule has 0 radical (unpaired) electrons. The number of carbonyl (C=O) groups is 1. The Morgan fingerprint density at radius 1 is 1.41 bits per heavy atom. The van der Waals surface area contributed by atoms with E-state index in [1.54, 1.807) is 25.4 Å². The highest BCUT2D eigenvalue weighted by molar-refractivity contribution is 6.31. The fourth-order valence-corrected chi connectivity index (χ4v) is 3.80. The Kier molecular flexibility index (Phi) is 6.80. The minimum Gasteiger partial charge on any atom is -0.326 e. The molecule has 6 heteroatoms. The van der Waals surface area contributed by atoms with Crippen LogP contribution < -0.4 is 5.32 Å². The summed E-state index contributed by atoms with van der Waals surface area (Å²) >= 11 is 6.22. The van der Waals surface area contributed by atoms with Gasteiger partial charge in [0.2, 0.25) is 5.91 Å². The van der Waals surface area contributed by atoms with Crippen LogP contribution in [-0.4, -0.2) is 28.9 Å². The monoisotopic (exact) mass is 389 g/mol. The third-order valence-electron chi connectivity index (χ3n) is 5.10. The number of nitrogens with one attached hydrogen (secondary N) is 1. The van der Waals surface area contributed by atoms with Crippen molar-refractivity contribution in [2.45, 2.75) is 39.2 Å². The highest BCUT2D eigenvalue weighted by Gasteiger charge is 2.21. The van der Waals surface area contributed by atoms with Crippen molar-refractivity contribution in [3.8, 4) is 0 Å². The topological polar surface area (TPSA) is 45.2 Å². The Hall–Kier alpha value is -1.98. The van der Waals surface area contributed by atoms with Crippen LogP contribution in [0.15, 0.2) is 36.7 Å². The lowest BCUT2D eigenvalue weighted by Gasteiger charge is -2.32. The molecular weight excluding hydrogens is 365 g/mol. The zero-order chi connectivity index (χ0) is 19.2. The molecule has 0 saturated carbocycles. The van der Waals surface area contributed by atoms with Gasteiger partial charge in [-0.25, -0.2) is 4.39 Å². The summed E-state index contributed by atoms with van der Waals surface area (Å²) in [4.78, 5) is 18.7. The molecule has 1 amide bonds. The van der Waals surface area contributed by atoms with Gasteiger partial charge in [0, 0.05) is 37.6 Å². The zero-order valence-corrected chi connectivity index (χ0v) is 16.3. The molecule has 1 aromatic heterocycles.